The number of nitrogens with zero attached hydrogens (tertiary/aromatic N) is 2. The van der Waals surface area contributed by atoms with Crippen LogP contribution in [0.1, 0.15) is 48.8 Å². The monoisotopic (exact) mass is 508 g/mol. The predicted molar refractivity (Wildman–Crippen MR) is 125 cm³/mol. The number of rotatable bonds is 8. The Labute approximate surface area is 204 Å². The van der Waals surface area contributed by atoms with Gasteiger partial charge in [0.05, 0.1) is 13.2 Å². The van der Waals surface area contributed by atoms with E-state index in [0.29, 0.717) is 12.1 Å². The van der Waals surface area contributed by atoms with Gasteiger partial charge in [0, 0.05) is 30.1 Å². The van der Waals surface area contributed by atoms with Crippen molar-refractivity contribution in [3.63, 3.8) is 0 Å². The van der Waals surface area contributed by atoms with E-state index in [1.165, 1.54) is 19.2 Å². The maximum Gasteiger partial charge on any atom is 0.433 e. The first-order valence-electron chi connectivity index (χ1n) is 11.1. The van der Waals surface area contributed by atoms with Crippen LogP contribution in [0, 0.1) is 0 Å². The van der Waals surface area contributed by atoms with Crippen LogP contribution in [0.5, 0.6) is 5.75 Å². The summed E-state index contributed by atoms with van der Waals surface area (Å²) in [6, 6.07) is 3.61. The zero-order chi connectivity index (χ0) is 26.6. The van der Waals surface area contributed by atoms with Gasteiger partial charge in [0.2, 0.25) is 5.89 Å². The molecule has 1 aromatic carbocycles. The SMILES string of the molecule is CCNC(=O)N[C@H](C)CNC(=O)c1nc(-c2ccc(OC)c3nc(C(F)(F)F)ccc23)oc1[C@H](C)N. The number of aromatic nitrogens is 2. The van der Waals surface area contributed by atoms with Crippen LogP contribution in [0.3, 0.4) is 0 Å². The quantitative estimate of drug-likeness (QED) is 0.365. The van der Waals surface area contributed by atoms with Gasteiger partial charge in [0.25, 0.3) is 5.91 Å². The molecule has 13 heteroatoms. The van der Waals surface area contributed by atoms with Crippen molar-refractivity contribution in [1.82, 2.24) is 25.9 Å². The van der Waals surface area contributed by atoms with Gasteiger partial charge in [0.1, 0.15) is 17.0 Å². The molecule has 0 radical (unpaired) electrons. The third-order valence-corrected chi connectivity index (χ3v) is 5.13. The Morgan fingerprint density at radius 3 is 2.47 bits per heavy atom. The Morgan fingerprint density at radius 1 is 1.14 bits per heavy atom. The van der Waals surface area contributed by atoms with Crippen molar-refractivity contribution in [1.29, 1.82) is 0 Å². The maximum absolute atomic E-state index is 13.2. The van der Waals surface area contributed by atoms with E-state index in [2.05, 4.69) is 25.9 Å². The topological polar surface area (TPSA) is 144 Å². The lowest BCUT2D eigenvalue weighted by Gasteiger charge is -2.14. The van der Waals surface area contributed by atoms with E-state index in [1.54, 1.807) is 26.8 Å². The fourth-order valence-corrected chi connectivity index (χ4v) is 3.44. The minimum Gasteiger partial charge on any atom is -0.494 e. The zero-order valence-corrected chi connectivity index (χ0v) is 20.1. The normalized spacial score (nSPS) is 13.2. The minimum atomic E-state index is -4.64. The average molecular weight is 509 g/mol. The summed E-state index contributed by atoms with van der Waals surface area (Å²) in [6.07, 6.45) is -4.64. The van der Waals surface area contributed by atoms with Crippen LogP contribution >= 0.6 is 0 Å². The predicted octanol–water partition coefficient (Wildman–Crippen LogP) is 3.37. The van der Waals surface area contributed by atoms with Crippen LogP contribution in [-0.2, 0) is 6.18 Å². The molecule has 0 saturated heterocycles. The van der Waals surface area contributed by atoms with Crippen molar-refractivity contribution in [3.8, 4) is 17.2 Å². The lowest BCUT2D eigenvalue weighted by atomic mass is 10.1. The first-order valence-corrected chi connectivity index (χ1v) is 11.1. The number of hydrogen-bond donors (Lipinski definition) is 4. The van der Waals surface area contributed by atoms with Gasteiger partial charge in [0.15, 0.2) is 11.5 Å². The molecule has 5 N–H and O–H groups in total. The van der Waals surface area contributed by atoms with Crippen LogP contribution in [0.4, 0.5) is 18.0 Å². The first kappa shape index (κ1) is 26.7. The summed E-state index contributed by atoms with van der Waals surface area (Å²) in [5.41, 5.74) is 5.10. The largest absolute Gasteiger partial charge is 0.494 e. The number of benzene rings is 1. The Hall–Kier alpha value is -3.87. The van der Waals surface area contributed by atoms with E-state index in [-0.39, 0.29) is 52.6 Å². The first-order chi connectivity index (χ1) is 17.0. The second-order valence-electron chi connectivity index (χ2n) is 8.04. The molecule has 10 nitrogen and oxygen atoms in total. The fourth-order valence-electron chi connectivity index (χ4n) is 3.44. The second-order valence-corrected chi connectivity index (χ2v) is 8.04. The number of urea groups is 1. The number of halogens is 3. The van der Waals surface area contributed by atoms with Crippen LogP contribution < -0.4 is 26.4 Å². The highest BCUT2D eigenvalue weighted by Crippen LogP contribution is 2.37. The third kappa shape index (κ3) is 5.85. The molecule has 2 heterocycles. The summed E-state index contributed by atoms with van der Waals surface area (Å²) < 4.78 is 50.7. The van der Waals surface area contributed by atoms with Gasteiger partial charge in [-0.3, -0.25) is 4.79 Å². The molecule has 194 valence electrons. The molecule has 3 aromatic rings. The lowest BCUT2D eigenvalue weighted by Crippen LogP contribution is -2.46. The number of oxazole rings is 1. The summed E-state index contributed by atoms with van der Waals surface area (Å²) >= 11 is 0. The van der Waals surface area contributed by atoms with Gasteiger partial charge in [-0.2, -0.15) is 13.2 Å². The standard InChI is InChI=1S/C23H27F3N6O4/c1-5-28-22(34)30-11(2)10-29-20(33)18-19(12(3)27)36-21(32-18)14-6-8-15(35-4)17-13(14)7-9-16(31-17)23(24,25)26/h6-9,11-12H,5,10,27H2,1-4H3,(H,29,33)(H2,28,30,34)/t11-,12+/m1/s1. The van der Waals surface area contributed by atoms with E-state index >= 15 is 0 Å². The highest BCUT2D eigenvalue weighted by molar-refractivity contribution is 5.98. The van der Waals surface area contributed by atoms with Crippen molar-refractivity contribution in [2.24, 2.45) is 5.73 Å². The highest BCUT2D eigenvalue weighted by Gasteiger charge is 2.33. The molecule has 2 atom stereocenters. The smallest absolute Gasteiger partial charge is 0.433 e. The van der Waals surface area contributed by atoms with Crippen LogP contribution in [0.15, 0.2) is 28.7 Å². The molecule has 2 aromatic heterocycles. The Bertz CT molecular complexity index is 1260. The molecule has 0 unspecified atom stereocenters. The van der Waals surface area contributed by atoms with Gasteiger partial charge in [-0.25, -0.2) is 14.8 Å². The molecule has 3 amide bonds. The molecule has 0 saturated carbocycles. The number of amides is 3. The number of ether oxygens (including phenoxy) is 1. The minimum absolute atomic E-state index is 0.0184. The summed E-state index contributed by atoms with van der Waals surface area (Å²) in [4.78, 5) is 32.5. The van der Waals surface area contributed by atoms with E-state index in [1.807, 2.05) is 0 Å². The van der Waals surface area contributed by atoms with Crippen molar-refractivity contribution in [2.45, 2.75) is 39.0 Å². The van der Waals surface area contributed by atoms with Crippen molar-refractivity contribution in [2.75, 3.05) is 20.2 Å². The number of nitrogens with one attached hydrogen (secondary N) is 3. The molecule has 36 heavy (non-hydrogen) atoms. The van der Waals surface area contributed by atoms with E-state index < -0.39 is 23.8 Å². The van der Waals surface area contributed by atoms with Crippen LogP contribution in [0.25, 0.3) is 22.4 Å². The van der Waals surface area contributed by atoms with Gasteiger partial charge in [-0.1, -0.05) is 0 Å². The van der Waals surface area contributed by atoms with Gasteiger partial charge in [-0.05, 0) is 45.0 Å². The lowest BCUT2D eigenvalue weighted by molar-refractivity contribution is -0.140. The number of pyridine rings is 1. The zero-order valence-electron chi connectivity index (χ0n) is 20.1. The summed E-state index contributed by atoms with van der Waals surface area (Å²) in [5, 5.41) is 8.22. The van der Waals surface area contributed by atoms with Gasteiger partial charge >= 0.3 is 12.2 Å². The van der Waals surface area contributed by atoms with Gasteiger partial charge < -0.3 is 30.8 Å². The molecule has 0 bridgehead atoms. The fraction of sp³-hybridized carbons (Fsp3) is 0.391. The number of alkyl halides is 3. The highest BCUT2D eigenvalue weighted by atomic mass is 19.4. The number of carbonyl (C=O) groups excluding carboxylic acids is 2. The van der Waals surface area contributed by atoms with E-state index in [9.17, 15) is 22.8 Å². The third-order valence-electron chi connectivity index (χ3n) is 5.13. The van der Waals surface area contributed by atoms with E-state index in [0.717, 1.165) is 6.07 Å². The van der Waals surface area contributed by atoms with Crippen LogP contribution in [0.2, 0.25) is 0 Å². The van der Waals surface area contributed by atoms with Crippen molar-refractivity contribution in [3.05, 3.63) is 41.4 Å². The van der Waals surface area contributed by atoms with Gasteiger partial charge in [-0.15, -0.1) is 0 Å². The average Bonchev–Trinajstić information content (AvgIpc) is 3.26. The van der Waals surface area contributed by atoms with E-state index in [4.69, 9.17) is 14.9 Å². The van der Waals surface area contributed by atoms with Crippen molar-refractivity contribution >= 4 is 22.8 Å². The number of nitrogens with two attached hydrogens (primary N) is 1. The molecule has 0 spiro atoms. The summed E-state index contributed by atoms with van der Waals surface area (Å²) in [6.45, 7) is 5.65. The molecule has 0 fully saturated rings. The molecule has 3 rings (SSSR count). The second kappa shape index (κ2) is 10.8. The Balaban J connectivity index is 1.96. The Kier molecular flexibility index (Phi) is 8.03. The number of hydrogen-bond acceptors (Lipinski definition) is 7. The number of methoxy groups -OCH3 is 1. The van der Waals surface area contributed by atoms with Crippen LogP contribution in [-0.4, -0.2) is 48.1 Å². The molecular formula is C23H27F3N6O4. The van der Waals surface area contributed by atoms with Crippen molar-refractivity contribution < 1.29 is 31.9 Å². The molecule has 0 aliphatic heterocycles. The number of carbonyl (C=O) groups is 2. The molecule has 0 aliphatic rings. The maximum atomic E-state index is 13.2. The Morgan fingerprint density at radius 2 is 1.86 bits per heavy atom. The number of fused-ring (bicyclic) bond motifs is 1. The molecule has 0 aliphatic carbocycles. The molecular weight excluding hydrogens is 481 g/mol. The summed E-state index contributed by atoms with van der Waals surface area (Å²) in [5.74, 6) is -0.381. The summed E-state index contributed by atoms with van der Waals surface area (Å²) in [7, 11) is 1.32.